The van der Waals surface area contributed by atoms with E-state index in [-0.39, 0.29) is 13.2 Å². The van der Waals surface area contributed by atoms with Gasteiger partial charge in [0.1, 0.15) is 6.61 Å². The van der Waals surface area contributed by atoms with E-state index in [4.69, 9.17) is 10.1 Å². The number of carbonyl (C=O) groups is 1. The van der Waals surface area contributed by atoms with Gasteiger partial charge in [0.05, 0.1) is 12.4 Å². The second-order valence-electron chi connectivity index (χ2n) is 4.03. The number of hydrogen-bond acceptors (Lipinski definition) is 6. The third kappa shape index (κ3) is 7.25. The number of esters is 1. The van der Waals surface area contributed by atoms with E-state index in [1.165, 1.54) is 0 Å². The molecule has 0 aromatic heterocycles. The first-order valence-electron chi connectivity index (χ1n) is 6.90. The first kappa shape index (κ1) is 18.4. The lowest BCUT2D eigenvalue weighted by Crippen LogP contribution is -2.09. The highest BCUT2D eigenvalue weighted by molar-refractivity contribution is 7.99. The van der Waals surface area contributed by atoms with Crippen LogP contribution in [0.15, 0.2) is 46.9 Å². The van der Waals surface area contributed by atoms with Crippen LogP contribution in [0.4, 0.5) is 0 Å². The monoisotopic (exact) mass is 333 g/mol. The number of aliphatic hydroxyl groups excluding tert-OH is 1. The van der Waals surface area contributed by atoms with Crippen LogP contribution in [0.25, 0.3) is 4.98 Å². The van der Waals surface area contributed by atoms with Gasteiger partial charge in [-0.25, -0.2) is 4.79 Å². The summed E-state index contributed by atoms with van der Waals surface area (Å²) in [6, 6.07) is 9.90. The van der Waals surface area contributed by atoms with Crippen LogP contribution in [-0.4, -0.2) is 30.0 Å². The number of nitrogens with zero attached hydrogens (tertiary/aromatic N) is 2. The van der Waals surface area contributed by atoms with E-state index < -0.39 is 17.6 Å². The summed E-state index contributed by atoms with van der Waals surface area (Å²) in [4.78, 5) is 15.1. The van der Waals surface area contributed by atoms with E-state index in [2.05, 4.69) is 21.6 Å². The van der Waals surface area contributed by atoms with Gasteiger partial charge in [0.25, 0.3) is 0 Å². The number of rotatable bonds is 7. The molecule has 0 aliphatic carbocycles. The van der Waals surface area contributed by atoms with E-state index >= 15 is 0 Å². The second kappa shape index (κ2) is 11.0. The van der Waals surface area contributed by atoms with Gasteiger partial charge in [-0.2, -0.15) is 0 Å². The van der Waals surface area contributed by atoms with Gasteiger partial charge in [0, 0.05) is 11.3 Å². The molecule has 0 bridgehead atoms. The Labute approximate surface area is 139 Å². The van der Waals surface area contributed by atoms with E-state index in [1.54, 1.807) is 18.7 Å². The Balaban J connectivity index is 2.32. The minimum Gasteiger partial charge on any atom is -0.475 e. The highest BCUT2D eigenvalue weighted by Crippen LogP contribution is 2.15. The third-order valence-corrected chi connectivity index (χ3v) is 3.31. The molecule has 0 radical (unpaired) electrons. The molecular weight excluding hydrogens is 316 g/mol. The van der Waals surface area contributed by atoms with Crippen molar-refractivity contribution in [2.45, 2.75) is 18.2 Å². The van der Waals surface area contributed by atoms with E-state index in [9.17, 15) is 9.90 Å². The first-order valence-corrected chi connectivity index (χ1v) is 7.89. The number of carbonyl (C=O) groups excluding carboxylic acids is 1. The Hall–Kier alpha value is -2.64. The van der Waals surface area contributed by atoms with Crippen molar-refractivity contribution < 1.29 is 19.4 Å². The summed E-state index contributed by atoms with van der Waals surface area (Å²) < 4.78 is 9.49. The molecule has 1 aromatic rings. The zero-order valence-electron chi connectivity index (χ0n) is 12.7. The Bertz CT molecular complexity index is 642. The number of thioether (sulfide) groups is 1. The smallest absolute Gasteiger partial charge is 0.475 e. The zero-order chi connectivity index (χ0) is 16.9. The Morgan fingerprint density at radius 3 is 2.70 bits per heavy atom. The zero-order valence-corrected chi connectivity index (χ0v) is 13.5. The van der Waals surface area contributed by atoms with Crippen LogP contribution in [0.2, 0.25) is 0 Å². The van der Waals surface area contributed by atoms with E-state index in [1.807, 2.05) is 30.3 Å². The van der Waals surface area contributed by atoms with E-state index in [0.717, 1.165) is 4.90 Å². The van der Waals surface area contributed by atoms with Crippen LogP contribution in [0.5, 0.6) is 0 Å². The number of benzene rings is 1. The maximum absolute atomic E-state index is 11.3. The predicted molar refractivity (Wildman–Crippen MR) is 86.9 cm³/mol. The molecule has 1 aromatic carbocycles. The molecule has 0 atom stereocenters. The van der Waals surface area contributed by atoms with Gasteiger partial charge < -0.3 is 14.6 Å². The molecule has 1 rings (SSSR count). The van der Waals surface area contributed by atoms with Crippen LogP contribution in [0.1, 0.15) is 13.3 Å². The van der Waals surface area contributed by atoms with Crippen molar-refractivity contribution in [1.82, 2.24) is 0 Å². The molecule has 0 unspecified atom stereocenters. The summed E-state index contributed by atoms with van der Waals surface area (Å²) in [5, 5.41) is 18.2. The number of aliphatic hydroxyl groups is 1. The molecular formula is C16H17N2O4S+. The van der Waals surface area contributed by atoms with Gasteiger partial charge >= 0.3 is 17.6 Å². The molecule has 0 aliphatic rings. The summed E-state index contributed by atoms with van der Waals surface area (Å²) in [6.45, 7) is 1.75. The normalized spacial score (nSPS) is 10.6. The molecule has 0 spiro atoms. The fourth-order valence-corrected chi connectivity index (χ4v) is 2.10. The molecule has 23 heavy (non-hydrogen) atoms. The molecule has 7 heteroatoms. The quantitative estimate of drug-likeness (QED) is 0.157. The van der Waals surface area contributed by atoms with Crippen molar-refractivity contribution in [3.05, 3.63) is 47.0 Å². The van der Waals surface area contributed by atoms with Crippen LogP contribution >= 0.6 is 11.8 Å². The van der Waals surface area contributed by atoms with Gasteiger partial charge in [-0.3, -0.25) is 0 Å². The van der Waals surface area contributed by atoms with Gasteiger partial charge in [0.15, 0.2) is 4.98 Å². The molecule has 0 amide bonds. The van der Waals surface area contributed by atoms with Crippen LogP contribution in [-0.2, 0) is 14.3 Å². The maximum atomic E-state index is 11.3. The van der Waals surface area contributed by atoms with Gasteiger partial charge in [-0.05, 0) is 19.1 Å². The van der Waals surface area contributed by atoms with Crippen molar-refractivity contribution in [3.63, 3.8) is 0 Å². The molecule has 0 saturated carbocycles. The summed E-state index contributed by atoms with van der Waals surface area (Å²) in [6.07, 6.45) is 0.362. The lowest BCUT2D eigenvalue weighted by molar-refractivity contribution is -0.138. The molecule has 0 aliphatic heterocycles. The van der Waals surface area contributed by atoms with Gasteiger partial charge in [-0.15, -0.1) is 11.8 Å². The highest BCUT2D eigenvalue weighted by atomic mass is 32.2. The average molecular weight is 333 g/mol. The van der Waals surface area contributed by atoms with Crippen molar-refractivity contribution in [2.24, 2.45) is 0 Å². The molecule has 0 saturated heterocycles. The standard InChI is InChI=1S/C16H16N2O4S/c1-2-21-15(19)14(18-17)16(20)22-11-7-4-8-12-23-13-9-5-3-6-10-13/h3,5-6,9-10H,2,7,11-12H2,1H3/p+1. The minimum atomic E-state index is -0.960. The summed E-state index contributed by atoms with van der Waals surface area (Å²) >= 11 is 1.62. The summed E-state index contributed by atoms with van der Waals surface area (Å²) in [7, 11) is 0. The Morgan fingerprint density at radius 1 is 1.30 bits per heavy atom. The number of diazo groups is 1. The third-order valence-electron chi connectivity index (χ3n) is 2.42. The van der Waals surface area contributed by atoms with Crippen molar-refractivity contribution in [2.75, 3.05) is 19.0 Å². The molecule has 0 heterocycles. The lowest BCUT2D eigenvalue weighted by Gasteiger charge is -1.99. The number of hydrogen-bond donors (Lipinski definition) is 1. The topological polar surface area (TPSA) is 83.9 Å². The van der Waals surface area contributed by atoms with Crippen LogP contribution in [0.3, 0.4) is 0 Å². The first-order chi connectivity index (χ1) is 11.2. The Morgan fingerprint density at radius 2 is 2.04 bits per heavy atom. The van der Waals surface area contributed by atoms with E-state index in [0.29, 0.717) is 12.2 Å². The highest BCUT2D eigenvalue weighted by Gasteiger charge is 2.32. The average Bonchev–Trinajstić information content (AvgIpc) is 2.56. The summed E-state index contributed by atoms with van der Waals surface area (Å²) in [5.41, 5.74) is -0.667. The number of ether oxygens (including phenoxy) is 2. The largest absolute Gasteiger partial charge is 0.547 e. The van der Waals surface area contributed by atoms with Gasteiger partial charge in [-0.1, -0.05) is 30.0 Å². The van der Waals surface area contributed by atoms with Crippen LogP contribution in [0, 0.1) is 17.2 Å². The fraction of sp³-hybridized carbons (Fsp3) is 0.312. The Kier molecular flexibility index (Phi) is 8.80. The maximum Gasteiger partial charge on any atom is 0.547 e. The van der Waals surface area contributed by atoms with Crippen molar-refractivity contribution >= 4 is 17.7 Å². The van der Waals surface area contributed by atoms with Crippen molar-refractivity contribution in [1.29, 1.82) is 5.39 Å². The second-order valence-corrected chi connectivity index (χ2v) is 5.08. The van der Waals surface area contributed by atoms with Crippen LogP contribution < -0.4 is 0 Å². The lowest BCUT2D eigenvalue weighted by atomic mass is 10.4. The predicted octanol–water partition coefficient (Wildman–Crippen LogP) is 3.33. The van der Waals surface area contributed by atoms with Crippen molar-refractivity contribution in [3.8, 4) is 11.8 Å². The molecule has 0 fully saturated rings. The molecule has 6 nitrogen and oxygen atoms in total. The molecule has 1 N–H and O–H groups in total. The minimum absolute atomic E-state index is 0.0628. The SMILES string of the molecule is CCOC(=O)/C([N+]#N)=C(\O)OCCC#CCSc1ccccc1. The molecule has 120 valence electrons. The fourth-order valence-electron chi connectivity index (χ4n) is 1.41. The van der Waals surface area contributed by atoms with Gasteiger partial charge in [0.2, 0.25) is 5.39 Å². The summed E-state index contributed by atoms with van der Waals surface area (Å²) in [5.74, 6) is 4.75.